The van der Waals surface area contributed by atoms with Gasteiger partial charge in [0.05, 0.1) is 5.75 Å². The normalized spacial score (nSPS) is 15.8. The smallest absolute Gasteiger partial charge is 0.216 e. The van der Waals surface area contributed by atoms with Gasteiger partial charge in [-0.3, -0.25) is 4.99 Å². The van der Waals surface area contributed by atoms with E-state index >= 15 is 0 Å². The van der Waals surface area contributed by atoms with E-state index in [4.69, 9.17) is 0 Å². The van der Waals surface area contributed by atoms with Gasteiger partial charge in [-0.25, -0.2) is 13.1 Å². The van der Waals surface area contributed by atoms with E-state index in [-0.39, 0.29) is 35.8 Å². The highest BCUT2D eigenvalue weighted by molar-refractivity contribution is 14.0. The summed E-state index contributed by atoms with van der Waals surface area (Å²) in [6.45, 7) is 8.39. The molecule has 7 nitrogen and oxygen atoms in total. The van der Waals surface area contributed by atoms with Gasteiger partial charge in [-0.1, -0.05) is 30.7 Å². The van der Waals surface area contributed by atoms with Crippen LogP contribution in [0, 0.1) is 0 Å². The average Bonchev–Trinajstić information content (AvgIpc) is 2.65. The summed E-state index contributed by atoms with van der Waals surface area (Å²) in [7, 11) is -1.61. The number of guanidine groups is 1. The molecule has 1 heterocycles. The zero-order valence-corrected chi connectivity index (χ0v) is 20.9. The molecule has 0 unspecified atom stereocenters. The maximum atomic E-state index is 12.3. The van der Waals surface area contributed by atoms with E-state index in [0.29, 0.717) is 6.54 Å². The van der Waals surface area contributed by atoms with E-state index < -0.39 is 10.0 Å². The van der Waals surface area contributed by atoms with Crippen LogP contribution in [0.2, 0.25) is 0 Å². The Morgan fingerprint density at radius 3 is 2.38 bits per heavy atom. The van der Waals surface area contributed by atoms with Gasteiger partial charge < -0.3 is 15.5 Å². The number of aliphatic imine (C=N–C) groups is 1. The predicted molar refractivity (Wildman–Crippen MR) is 131 cm³/mol. The van der Waals surface area contributed by atoms with Crippen LogP contribution in [-0.4, -0.2) is 58.5 Å². The number of rotatable bonds is 9. The molecule has 0 spiro atoms. The summed E-state index contributed by atoms with van der Waals surface area (Å²) in [5, 5.41) is 6.64. The van der Waals surface area contributed by atoms with Gasteiger partial charge in [0.1, 0.15) is 0 Å². The Bertz CT molecular complexity index is 734. The lowest BCUT2D eigenvalue weighted by Crippen LogP contribution is -2.42. The Kier molecular flexibility index (Phi) is 12.1. The third-order valence-corrected chi connectivity index (χ3v) is 6.24. The van der Waals surface area contributed by atoms with Gasteiger partial charge in [-0.15, -0.1) is 24.0 Å². The number of hydrogen-bond donors (Lipinski definition) is 3. The summed E-state index contributed by atoms with van der Waals surface area (Å²) in [6.07, 6.45) is 3.92. The molecule has 166 valence electrons. The van der Waals surface area contributed by atoms with Crippen LogP contribution in [0.25, 0.3) is 0 Å². The number of nitrogens with zero attached hydrogens (tertiary/aromatic N) is 2. The number of likely N-dealkylation sites (tertiary alicyclic amines) is 1. The third kappa shape index (κ3) is 10.1. The molecule has 1 aliphatic heterocycles. The summed E-state index contributed by atoms with van der Waals surface area (Å²) < 4.78 is 27.2. The van der Waals surface area contributed by atoms with Crippen LogP contribution in [0.15, 0.2) is 29.3 Å². The van der Waals surface area contributed by atoms with Crippen LogP contribution in [0.4, 0.5) is 0 Å². The first-order valence-corrected chi connectivity index (χ1v) is 11.8. The minimum absolute atomic E-state index is 0. The van der Waals surface area contributed by atoms with Crippen molar-refractivity contribution < 1.29 is 8.42 Å². The molecule has 9 heteroatoms. The van der Waals surface area contributed by atoms with Gasteiger partial charge in [0, 0.05) is 32.7 Å². The lowest BCUT2D eigenvalue weighted by Gasteiger charge is -2.26. The fourth-order valence-corrected chi connectivity index (χ4v) is 4.88. The SMILES string of the molecule is CN=C(NCCN1CCCCC1)NCc1ccccc1CS(=O)(=O)NC(C)C.I. The number of piperidine rings is 1. The van der Waals surface area contributed by atoms with Crippen molar-refractivity contribution in [1.82, 2.24) is 20.3 Å². The number of nitrogens with one attached hydrogen (secondary N) is 3. The lowest BCUT2D eigenvalue weighted by molar-refractivity contribution is 0.232. The van der Waals surface area contributed by atoms with Crippen molar-refractivity contribution in [2.75, 3.05) is 33.2 Å². The first kappa shape index (κ1) is 26.1. The Balaban J connectivity index is 0.00000420. The van der Waals surface area contributed by atoms with Crippen molar-refractivity contribution in [3.63, 3.8) is 0 Å². The van der Waals surface area contributed by atoms with Crippen LogP contribution < -0.4 is 15.4 Å². The van der Waals surface area contributed by atoms with Gasteiger partial charge in [-0.05, 0) is 50.9 Å². The third-order valence-electron chi connectivity index (χ3n) is 4.72. The molecule has 1 aromatic rings. The maximum Gasteiger partial charge on any atom is 0.216 e. The molecule has 0 amide bonds. The molecule has 0 saturated carbocycles. The molecule has 2 rings (SSSR count). The number of benzene rings is 1. The Labute approximate surface area is 193 Å². The van der Waals surface area contributed by atoms with E-state index in [1.807, 2.05) is 38.1 Å². The van der Waals surface area contributed by atoms with Crippen molar-refractivity contribution in [3.05, 3.63) is 35.4 Å². The molecule has 0 bridgehead atoms. The van der Waals surface area contributed by atoms with E-state index in [1.165, 1.54) is 32.4 Å². The zero-order valence-electron chi connectivity index (χ0n) is 17.8. The Morgan fingerprint density at radius 1 is 1.10 bits per heavy atom. The van der Waals surface area contributed by atoms with Crippen LogP contribution in [0.1, 0.15) is 44.2 Å². The van der Waals surface area contributed by atoms with Crippen molar-refractivity contribution in [1.29, 1.82) is 0 Å². The highest BCUT2D eigenvalue weighted by atomic mass is 127. The van der Waals surface area contributed by atoms with Gasteiger partial charge in [0.25, 0.3) is 0 Å². The van der Waals surface area contributed by atoms with Crippen molar-refractivity contribution in [3.8, 4) is 0 Å². The molecular weight excluding hydrogens is 501 g/mol. The largest absolute Gasteiger partial charge is 0.355 e. The highest BCUT2D eigenvalue weighted by Crippen LogP contribution is 2.12. The topological polar surface area (TPSA) is 85.8 Å². The van der Waals surface area contributed by atoms with E-state index in [0.717, 1.165) is 30.2 Å². The first-order chi connectivity index (χ1) is 13.4. The molecule has 1 aromatic carbocycles. The minimum Gasteiger partial charge on any atom is -0.355 e. The molecule has 1 aliphatic rings. The second-order valence-electron chi connectivity index (χ2n) is 7.56. The predicted octanol–water partition coefficient (Wildman–Crippen LogP) is 2.28. The quantitative estimate of drug-likeness (QED) is 0.256. The van der Waals surface area contributed by atoms with E-state index in [2.05, 4.69) is 25.2 Å². The van der Waals surface area contributed by atoms with Crippen LogP contribution in [0.5, 0.6) is 0 Å². The Morgan fingerprint density at radius 2 is 1.76 bits per heavy atom. The molecule has 0 aliphatic carbocycles. The minimum atomic E-state index is -3.36. The van der Waals surface area contributed by atoms with Gasteiger partial charge >= 0.3 is 0 Å². The summed E-state index contributed by atoms with van der Waals surface area (Å²) >= 11 is 0. The molecule has 1 saturated heterocycles. The monoisotopic (exact) mass is 537 g/mol. The highest BCUT2D eigenvalue weighted by Gasteiger charge is 2.15. The summed E-state index contributed by atoms with van der Waals surface area (Å²) in [6, 6.07) is 7.50. The fraction of sp³-hybridized carbons (Fsp3) is 0.650. The molecule has 3 N–H and O–H groups in total. The van der Waals surface area contributed by atoms with Gasteiger partial charge in [-0.2, -0.15) is 0 Å². The molecule has 0 radical (unpaired) electrons. The fourth-order valence-electron chi connectivity index (χ4n) is 3.39. The van der Waals surface area contributed by atoms with Crippen molar-refractivity contribution >= 4 is 40.0 Å². The van der Waals surface area contributed by atoms with Crippen LogP contribution >= 0.6 is 24.0 Å². The summed E-state index contributed by atoms with van der Waals surface area (Å²) in [5.74, 6) is 0.708. The van der Waals surface area contributed by atoms with Gasteiger partial charge in [0.15, 0.2) is 5.96 Å². The van der Waals surface area contributed by atoms with E-state index in [1.54, 1.807) is 7.05 Å². The molecule has 29 heavy (non-hydrogen) atoms. The second-order valence-corrected chi connectivity index (χ2v) is 9.31. The Hall–Kier alpha value is -0.910. The first-order valence-electron chi connectivity index (χ1n) is 10.1. The summed E-state index contributed by atoms with van der Waals surface area (Å²) in [5.41, 5.74) is 1.75. The van der Waals surface area contributed by atoms with E-state index in [9.17, 15) is 8.42 Å². The standard InChI is InChI=1S/C20H35N5O2S.HI/c1-17(2)24-28(26,27)16-19-10-6-5-9-18(19)15-23-20(21-3)22-11-14-25-12-7-4-8-13-25;/h5-6,9-10,17,24H,4,7-8,11-16H2,1-3H3,(H2,21,22,23);1H. The molecule has 0 aromatic heterocycles. The second kappa shape index (κ2) is 13.4. The molecule has 1 fully saturated rings. The van der Waals surface area contributed by atoms with Gasteiger partial charge in [0.2, 0.25) is 10.0 Å². The molecular formula is C20H36IN5O2S. The number of sulfonamides is 1. The number of halogens is 1. The van der Waals surface area contributed by atoms with Crippen molar-refractivity contribution in [2.45, 2.75) is 51.4 Å². The summed E-state index contributed by atoms with van der Waals surface area (Å²) in [4.78, 5) is 6.75. The van der Waals surface area contributed by atoms with Crippen LogP contribution in [0.3, 0.4) is 0 Å². The van der Waals surface area contributed by atoms with Crippen molar-refractivity contribution in [2.24, 2.45) is 4.99 Å². The lowest BCUT2D eigenvalue weighted by atomic mass is 10.1. The average molecular weight is 538 g/mol. The molecule has 0 atom stereocenters. The van der Waals surface area contributed by atoms with Crippen LogP contribution in [-0.2, 0) is 22.3 Å². The zero-order chi connectivity index (χ0) is 20.4. The maximum absolute atomic E-state index is 12.3. The number of hydrogen-bond acceptors (Lipinski definition) is 4.